The number of halogens is 1. The molecule has 1 unspecified atom stereocenters. The third-order valence-corrected chi connectivity index (χ3v) is 3.71. The number of nitrogens with one attached hydrogen (secondary N) is 1. The maximum Gasteiger partial charge on any atom is 0.0576 e. The van der Waals surface area contributed by atoms with Gasteiger partial charge < -0.3 is 5.32 Å². The van der Waals surface area contributed by atoms with Crippen LogP contribution >= 0.6 is 15.9 Å². The summed E-state index contributed by atoms with van der Waals surface area (Å²) in [7, 11) is 0. The Labute approximate surface area is 124 Å². The van der Waals surface area contributed by atoms with Crippen LogP contribution in [0.4, 0.5) is 0 Å². The largest absolute Gasteiger partial charge is 0.306 e. The third kappa shape index (κ3) is 3.92. The Balaban J connectivity index is 2.32. The highest BCUT2D eigenvalue weighted by atomic mass is 79.9. The lowest BCUT2D eigenvalue weighted by molar-refractivity contribution is 0.598. The zero-order valence-electron chi connectivity index (χ0n) is 11.5. The summed E-state index contributed by atoms with van der Waals surface area (Å²) in [6.45, 7) is 5.36. The van der Waals surface area contributed by atoms with E-state index in [1.165, 1.54) is 16.7 Å². The van der Waals surface area contributed by atoms with Crippen molar-refractivity contribution in [3.63, 3.8) is 0 Å². The van der Waals surface area contributed by atoms with Crippen molar-refractivity contribution in [3.05, 3.63) is 69.7 Å². The maximum atomic E-state index is 3.63. The molecule has 1 nitrogen and oxygen atoms in total. The van der Waals surface area contributed by atoms with Gasteiger partial charge in [-0.2, -0.15) is 0 Å². The van der Waals surface area contributed by atoms with Crippen LogP contribution in [0, 0.1) is 6.92 Å². The van der Waals surface area contributed by atoms with Crippen molar-refractivity contribution in [2.24, 2.45) is 0 Å². The standard InChI is InChI=1S/C17H20BrN/c1-3-11-19-17(14-7-9-16(18)10-8-14)15-6-4-5-13(2)12-15/h4-10,12,17,19H,3,11H2,1-2H3. The molecule has 1 atom stereocenters. The second-order valence-electron chi connectivity index (χ2n) is 4.85. The van der Waals surface area contributed by atoms with E-state index in [1.54, 1.807) is 0 Å². The molecule has 1 N–H and O–H groups in total. The average Bonchev–Trinajstić information content (AvgIpc) is 2.41. The first-order valence-electron chi connectivity index (χ1n) is 6.76. The first-order valence-corrected chi connectivity index (χ1v) is 7.55. The van der Waals surface area contributed by atoms with Gasteiger partial charge in [0.25, 0.3) is 0 Å². The molecule has 0 bridgehead atoms. The monoisotopic (exact) mass is 317 g/mol. The van der Waals surface area contributed by atoms with E-state index >= 15 is 0 Å². The van der Waals surface area contributed by atoms with Gasteiger partial charge in [-0.15, -0.1) is 0 Å². The Morgan fingerprint density at radius 3 is 2.42 bits per heavy atom. The first kappa shape index (κ1) is 14.3. The van der Waals surface area contributed by atoms with Gasteiger partial charge in [0.2, 0.25) is 0 Å². The summed E-state index contributed by atoms with van der Waals surface area (Å²) in [5, 5.41) is 3.63. The SMILES string of the molecule is CCCNC(c1ccc(Br)cc1)c1cccc(C)c1. The molecule has 0 heterocycles. The van der Waals surface area contributed by atoms with Crippen LogP contribution < -0.4 is 5.32 Å². The molecule has 0 saturated heterocycles. The van der Waals surface area contributed by atoms with Crippen LogP contribution in [0.5, 0.6) is 0 Å². The molecule has 0 amide bonds. The summed E-state index contributed by atoms with van der Waals surface area (Å²) < 4.78 is 1.12. The molecule has 100 valence electrons. The molecule has 0 aliphatic rings. The Morgan fingerprint density at radius 2 is 1.79 bits per heavy atom. The molecule has 2 aromatic rings. The van der Waals surface area contributed by atoms with E-state index in [1.807, 2.05) is 0 Å². The van der Waals surface area contributed by atoms with Gasteiger partial charge in [0.1, 0.15) is 0 Å². The second kappa shape index (κ2) is 6.88. The summed E-state index contributed by atoms with van der Waals surface area (Å²) in [5.74, 6) is 0. The molecule has 0 aliphatic carbocycles. The maximum absolute atomic E-state index is 3.63. The predicted molar refractivity (Wildman–Crippen MR) is 85.5 cm³/mol. The summed E-state index contributed by atoms with van der Waals surface area (Å²) in [6.07, 6.45) is 1.14. The van der Waals surface area contributed by atoms with E-state index in [0.29, 0.717) is 0 Å². The fourth-order valence-electron chi connectivity index (χ4n) is 2.22. The highest BCUT2D eigenvalue weighted by Gasteiger charge is 2.12. The van der Waals surface area contributed by atoms with E-state index in [0.717, 1.165) is 17.4 Å². The number of benzene rings is 2. The Bertz CT molecular complexity index is 519. The predicted octanol–water partition coefficient (Wildman–Crippen LogP) is 4.85. The smallest absolute Gasteiger partial charge is 0.0576 e. The van der Waals surface area contributed by atoms with Crippen molar-refractivity contribution in [1.29, 1.82) is 0 Å². The Hall–Kier alpha value is -1.12. The van der Waals surface area contributed by atoms with Crippen molar-refractivity contribution in [2.75, 3.05) is 6.54 Å². The average molecular weight is 318 g/mol. The number of hydrogen-bond donors (Lipinski definition) is 1. The molecule has 0 aromatic heterocycles. The summed E-state index contributed by atoms with van der Waals surface area (Å²) in [4.78, 5) is 0. The molecule has 2 aromatic carbocycles. The van der Waals surface area contributed by atoms with Crippen LogP contribution in [0.3, 0.4) is 0 Å². The number of hydrogen-bond acceptors (Lipinski definition) is 1. The quantitative estimate of drug-likeness (QED) is 0.831. The number of rotatable bonds is 5. The van der Waals surface area contributed by atoms with E-state index in [-0.39, 0.29) is 6.04 Å². The fraction of sp³-hybridized carbons (Fsp3) is 0.294. The van der Waals surface area contributed by atoms with Crippen LogP contribution in [-0.4, -0.2) is 6.54 Å². The van der Waals surface area contributed by atoms with Gasteiger partial charge in [-0.3, -0.25) is 0 Å². The fourth-order valence-corrected chi connectivity index (χ4v) is 2.49. The molecule has 2 rings (SSSR count). The molecule has 0 radical (unpaired) electrons. The lowest BCUT2D eigenvalue weighted by Crippen LogP contribution is -2.23. The topological polar surface area (TPSA) is 12.0 Å². The molecular formula is C17H20BrN. The molecule has 2 heteroatoms. The number of aryl methyl sites for hydroxylation is 1. The highest BCUT2D eigenvalue weighted by Crippen LogP contribution is 2.24. The minimum atomic E-state index is 0.271. The van der Waals surface area contributed by atoms with Crippen molar-refractivity contribution in [2.45, 2.75) is 26.3 Å². The van der Waals surface area contributed by atoms with E-state index in [9.17, 15) is 0 Å². The van der Waals surface area contributed by atoms with Crippen LogP contribution in [-0.2, 0) is 0 Å². The van der Waals surface area contributed by atoms with Gasteiger partial charge in [0.05, 0.1) is 6.04 Å². The minimum absolute atomic E-state index is 0.271. The molecule has 0 saturated carbocycles. The van der Waals surface area contributed by atoms with Crippen LogP contribution in [0.15, 0.2) is 53.0 Å². The van der Waals surface area contributed by atoms with Crippen molar-refractivity contribution < 1.29 is 0 Å². The van der Waals surface area contributed by atoms with Crippen LogP contribution in [0.25, 0.3) is 0 Å². The zero-order chi connectivity index (χ0) is 13.7. The lowest BCUT2D eigenvalue weighted by atomic mass is 9.97. The van der Waals surface area contributed by atoms with Gasteiger partial charge in [0.15, 0.2) is 0 Å². The molecule has 0 spiro atoms. The van der Waals surface area contributed by atoms with Gasteiger partial charge >= 0.3 is 0 Å². The van der Waals surface area contributed by atoms with Gasteiger partial charge in [-0.25, -0.2) is 0 Å². The normalized spacial score (nSPS) is 12.4. The van der Waals surface area contributed by atoms with Crippen LogP contribution in [0.1, 0.15) is 36.1 Å². The first-order chi connectivity index (χ1) is 9.20. The van der Waals surface area contributed by atoms with E-state index < -0.39 is 0 Å². The molecular weight excluding hydrogens is 298 g/mol. The highest BCUT2D eigenvalue weighted by molar-refractivity contribution is 9.10. The Kier molecular flexibility index (Phi) is 5.17. The van der Waals surface area contributed by atoms with Crippen LogP contribution in [0.2, 0.25) is 0 Å². The lowest BCUT2D eigenvalue weighted by Gasteiger charge is -2.20. The zero-order valence-corrected chi connectivity index (χ0v) is 13.1. The third-order valence-electron chi connectivity index (χ3n) is 3.18. The molecule has 0 fully saturated rings. The second-order valence-corrected chi connectivity index (χ2v) is 5.77. The minimum Gasteiger partial charge on any atom is -0.306 e. The van der Waals surface area contributed by atoms with Gasteiger partial charge in [-0.05, 0) is 43.1 Å². The molecule has 0 aliphatic heterocycles. The summed E-state index contributed by atoms with van der Waals surface area (Å²) in [5.41, 5.74) is 3.94. The van der Waals surface area contributed by atoms with Crippen molar-refractivity contribution >= 4 is 15.9 Å². The summed E-state index contributed by atoms with van der Waals surface area (Å²) >= 11 is 3.49. The van der Waals surface area contributed by atoms with Crippen molar-refractivity contribution in [1.82, 2.24) is 5.32 Å². The van der Waals surface area contributed by atoms with Gasteiger partial charge in [0, 0.05) is 4.47 Å². The van der Waals surface area contributed by atoms with E-state index in [2.05, 4.69) is 83.6 Å². The van der Waals surface area contributed by atoms with Crippen molar-refractivity contribution in [3.8, 4) is 0 Å². The molecule has 19 heavy (non-hydrogen) atoms. The summed E-state index contributed by atoms with van der Waals surface area (Å²) in [6, 6.07) is 17.6. The van der Waals surface area contributed by atoms with E-state index in [4.69, 9.17) is 0 Å². The van der Waals surface area contributed by atoms with Gasteiger partial charge in [-0.1, -0.05) is 64.8 Å². The Morgan fingerprint density at radius 1 is 1.05 bits per heavy atom.